The van der Waals surface area contributed by atoms with Crippen LogP contribution >= 0.6 is 11.3 Å². The fraction of sp³-hybridized carbons (Fsp3) is 0.116. The van der Waals surface area contributed by atoms with E-state index in [4.69, 9.17) is 4.74 Å². The summed E-state index contributed by atoms with van der Waals surface area (Å²) in [6, 6.07) is 18.8. The summed E-state index contributed by atoms with van der Waals surface area (Å²) in [7, 11) is -24.9. The number of nitrogens with one attached hydrogen (secondary N) is 1. The number of thiazole rings is 1. The van der Waals surface area contributed by atoms with Gasteiger partial charge in [0.2, 0.25) is 5.13 Å². The normalized spacial score (nSPS) is 13.4. The molecule has 0 amide bonds. The van der Waals surface area contributed by atoms with Gasteiger partial charge in [-0.25, -0.2) is 9.67 Å². The first-order chi connectivity index (χ1) is 36.9. The molecule has 414 valence electrons. The van der Waals surface area contributed by atoms with Crippen molar-refractivity contribution in [1.29, 1.82) is 0 Å². The summed E-state index contributed by atoms with van der Waals surface area (Å²) in [6.07, 6.45) is -0.223. The summed E-state index contributed by atoms with van der Waals surface area (Å²) < 4.78 is 200. The van der Waals surface area contributed by atoms with Crippen LogP contribution in [0.3, 0.4) is 0 Å². The molecule has 0 aliphatic heterocycles. The molecular weight excluding hydrogens is 1190 g/mol. The van der Waals surface area contributed by atoms with Gasteiger partial charge < -0.3 is 14.4 Å². The number of hydrogen-bond acceptors (Lipinski definition) is 23. The fourth-order valence-corrected chi connectivity index (χ4v) is 12.0. The van der Waals surface area contributed by atoms with E-state index in [0.29, 0.717) is 28.4 Å². The number of fused-ring (bicyclic) bond motifs is 2. The van der Waals surface area contributed by atoms with Crippen molar-refractivity contribution in [3.63, 3.8) is 0 Å². The lowest BCUT2D eigenvalue weighted by Gasteiger charge is -2.11. The van der Waals surface area contributed by atoms with Gasteiger partial charge >= 0.3 is 0 Å². The monoisotopic (exact) mass is 1220 g/mol. The maximum absolute atomic E-state index is 14.0. The van der Waals surface area contributed by atoms with Crippen LogP contribution < -0.4 is 10.3 Å². The second-order valence-corrected chi connectivity index (χ2v) is 25.5. The van der Waals surface area contributed by atoms with Crippen LogP contribution in [0.15, 0.2) is 152 Å². The number of H-pyrrole nitrogens is 1. The van der Waals surface area contributed by atoms with Crippen LogP contribution in [0.4, 0.5) is 33.6 Å². The zero-order valence-corrected chi connectivity index (χ0v) is 45.1. The lowest BCUT2D eigenvalue weighted by Crippen LogP contribution is -2.16. The van der Waals surface area contributed by atoms with Gasteiger partial charge in [0.15, 0.2) is 11.4 Å². The summed E-state index contributed by atoms with van der Waals surface area (Å²) in [4.78, 5) is 14.5. The Balaban J connectivity index is 1.16. The van der Waals surface area contributed by atoms with Crippen LogP contribution in [0.5, 0.6) is 11.5 Å². The van der Waals surface area contributed by atoms with E-state index in [1.54, 1.807) is 25.1 Å². The number of phenolic OH excluding ortho intramolecular Hbond substituents is 1. The van der Waals surface area contributed by atoms with Gasteiger partial charge in [-0.1, -0.05) is 58.8 Å². The minimum Gasteiger partial charge on any atom is -0.772 e. The molecule has 2 aromatic heterocycles. The van der Waals surface area contributed by atoms with Gasteiger partial charge in [-0.3, -0.25) is 36.9 Å². The topological polar surface area (TPSA) is 466 Å². The molecule has 29 nitrogen and oxygen atoms in total. The molecule has 2 heterocycles. The Labute approximate surface area is 451 Å². The number of rotatable bonds is 19. The van der Waals surface area contributed by atoms with Crippen LogP contribution in [-0.2, 0) is 67.4 Å². The van der Waals surface area contributed by atoms with Crippen molar-refractivity contribution in [2.75, 3.05) is 12.4 Å². The number of phenols is 1. The Morgan fingerprint density at radius 2 is 1.32 bits per heavy atom. The number of benzene rings is 6. The highest BCUT2D eigenvalue weighted by Crippen LogP contribution is 2.44. The number of hydrogen-bond donors (Lipinski definition) is 7. The summed E-state index contributed by atoms with van der Waals surface area (Å²) in [5, 5.41) is 37.8. The minimum absolute atomic E-state index is 0.0353. The van der Waals surface area contributed by atoms with Crippen molar-refractivity contribution >= 4 is 128 Å². The van der Waals surface area contributed by atoms with E-state index in [9.17, 15) is 83.5 Å². The SMILES string of the molecule is Cc1cc(N=Nc2ccc3c(S(=O)(=O)O)c(N=Nc4c(-c5ccccc5)[nH]n(-c5cc(S(=O)(=O)O)cc(S(=O)(=O)O)c5)c4=O)ccc3c2O)c(OCCCS(=O)(=O)O)cc1N=Nc1nc2c(S(=O)(=O)O)cc(CS(=O)[O-])cc2s1. The lowest BCUT2D eigenvalue weighted by atomic mass is 10.1. The van der Waals surface area contributed by atoms with Gasteiger partial charge in [0.1, 0.15) is 38.1 Å². The Morgan fingerprint density at radius 3 is 1.94 bits per heavy atom. The average molecular weight is 1220 g/mol. The van der Waals surface area contributed by atoms with E-state index in [1.807, 2.05) is 0 Å². The third-order valence-corrected chi connectivity index (χ3v) is 16.6. The number of aromatic nitrogens is 3. The van der Waals surface area contributed by atoms with Crippen molar-refractivity contribution in [1.82, 2.24) is 14.8 Å². The predicted molar refractivity (Wildman–Crippen MR) is 279 cm³/mol. The van der Waals surface area contributed by atoms with Gasteiger partial charge in [0, 0.05) is 28.2 Å². The zero-order chi connectivity index (χ0) is 57.6. The van der Waals surface area contributed by atoms with E-state index < -0.39 is 121 Å². The molecule has 0 saturated carbocycles. The van der Waals surface area contributed by atoms with Gasteiger partial charge in [-0.2, -0.15) is 42.1 Å². The third-order valence-electron chi connectivity index (χ3n) is 10.9. The van der Waals surface area contributed by atoms with Crippen LogP contribution in [0, 0.1) is 6.92 Å². The average Bonchev–Trinajstić information content (AvgIpc) is 4.01. The highest BCUT2D eigenvalue weighted by Gasteiger charge is 2.26. The van der Waals surface area contributed by atoms with Crippen molar-refractivity contribution in [3.8, 4) is 28.4 Å². The first-order valence-corrected chi connectivity index (χ1v) is 31.0. The smallest absolute Gasteiger partial charge is 0.299 e. The summed E-state index contributed by atoms with van der Waals surface area (Å²) in [6.45, 7) is 1.21. The molecule has 6 aromatic carbocycles. The first kappa shape index (κ1) is 57.7. The van der Waals surface area contributed by atoms with Gasteiger partial charge in [-0.05, 0) is 79.1 Å². The van der Waals surface area contributed by atoms with Crippen LogP contribution in [0.25, 0.3) is 37.9 Å². The third kappa shape index (κ3) is 13.4. The highest BCUT2D eigenvalue weighted by atomic mass is 32.2. The molecular formula is C43H34N9O20S7-. The maximum Gasteiger partial charge on any atom is 0.299 e. The Kier molecular flexibility index (Phi) is 16.1. The molecule has 0 saturated heterocycles. The molecule has 8 rings (SSSR count). The molecule has 0 aliphatic carbocycles. The largest absolute Gasteiger partial charge is 0.772 e. The number of aromatic hydroxyl groups is 1. The van der Waals surface area contributed by atoms with Crippen molar-refractivity contribution in [2.45, 2.75) is 38.7 Å². The van der Waals surface area contributed by atoms with Crippen molar-refractivity contribution in [2.24, 2.45) is 30.7 Å². The standard InChI is InChI=1S/C43H35N9O20S7/c1-22-14-33(34(72-12-5-13-75(57,58)59)20-32(22)47-50-43-44-38-35(73-43)15-23(21-74(55)56)16-36(38)78(66,67)68)48-45-30-10-9-29-28(40(30)53)8-11-31(41(29)79(69,70)71)46-49-39-37(24-6-3-2-4-7-24)51-52(42(39)54)25-17-26(76(60,61)62)19-27(18-25)77(63,64)65/h2-4,6-11,14-20,51,53H,5,12-13,21H2,1H3,(H,55,56)(H,57,58,59)(H,60,61,62)(H,63,64,65)(H,66,67,68)(H,69,70,71)/p-1. The molecule has 36 heteroatoms. The van der Waals surface area contributed by atoms with E-state index in [-0.39, 0.29) is 78.8 Å². The minimum atomic E-state index is -5.29. The van der Waals surface area contributed by atoms with E-state index in [0.717, 1.165) is 41.7 Å². The van der Waals surface area contributed by atoms with Gasteiger partial charge in [0.25, 0.3) is 56.1 Å². The molecule has 0 radical (unpaired) electrons. The van der Waals surface area contributed by atoms with Gasteiger partial charge in [-0.15, -0.1) is 30.7 Å². The molecule has 0 spiro atoms. The number of aromatic amines is 1. The predicted octanol–water partition coefficient (Wildman–Crippen LogP) is 7.88. The van der Waals surface area contributed by atoms with Crippen LogP contribution in [0.2, 0.25) is 0 Å². The molecule has 0 aliphatic rings. The first-order valence-electron chi connectivity index (χ1n) is 21.6. The number of ether oxygens (including phenoxy) is 1. The zero-order valence-electron chi connectivity index (χ0n) is 39.4. The number of azo groups is 3. The second-order valence-electron chi connectivity index (χ2n) is 16.4. The molecule has 0 bridgehead atoms. The molecule has 0 fully saturated rings. The van der Waals surface area contributed by atoms with Crippen molar-refractivity contribution in [3.05, 3.63) is 119 Å². The Hall–Kier alpha value is -7.46. The highest BCUT2D eigenvalue weighted by molar-refractivity contribution is 7.87. The molecule has 7 N–H and O–H groups in total. The van der Waals surface area contributed by atoms with Crippen molar-refractivity contribution < 1.29 is 83.5 Å². The summed E-state index contributed by atoms with van der Waals surface area (Å²) >= 11 is -1.81. The molecule has 8 aromatic rings. The van der Waals surface area contributed by atoms with Crippen LogP contribution in [0.1, 0.15) is 17.5 Å². The van der Waals surface area contributed by atoms with Crippen LogP contribution in [-0.4, -0.2) is 106 Å². The number of aryl methyl sites for hydroxylation is 1. The molecule has 1 atom stereocenters. The summed E-state index contributed by atoms with van der Waals surface area (Å²) in [5.74, 6) is -2.09. The number of nitrogens with zero attached hydrogens (tertiary/aromatic N) is 8. The fourth-order valence-electron chi connectivity index (χ4n) is 7.46. The maximum atomic E-state index is 14.0. The molecule has 1 unspecified atom stereocenters. The quantitative estimate of drug-likeness (QED) is 0.0175. The summed E-state index contributed by atoms with van der Waals surface area (Å²) in [5.41, 5.74) is -2.96. The Morgan fingerprint density at radius 1 is 0.696 bits per heavy atom. The molecule has 79 heavy (non-hydrogen) atoms. The van der Waals surface area contributed by atoms with E-state index in [1.165, 1.54) is 30.3 Å². The Bertz CT molecular complexity index is 4530. The van der Waals surface area contributed by atoms with E-state index in [2.05, 4.69) is 40.8 Å². The second kappa shape index (κ2) is 22.0. The van der Waals surface area contributed by atoms with Gasteiger partial charge in [0.05, 0.1) is 43.9 Å². The lowest BCUT2D eigenvalue weighted by molar-refractivity contribution is 0.317. The van der Waals surface area contributed by atoms with E-state index >= 15 is 0 Å².